The molecule has 2 heterocycles. The van der Waals surface area contributed by atoms with Gasteiger partial charge in [-0.2, -0.15) is 0 Å². The fourth-order valence-electron chi connectivity index (χ4n) is 4.12. The van der Waals surface area contributed by atoms with E-state index >= 15 is 0 Å². The number of nitrogens with zero attached hydrogens (tertiary/aromatic N) is 1. The van der Waals surface area contributed by atoms with Crippen LogP contribution in [0.15, 0.2) is 42.5 Å². The van der Waals surface area contributed by atoms with E-state index in [-0.39, 0.29) is 0 Å². The molecule has 1 spiro atoms. The van der Waals surface area contributed by atoms with Gasteiger partial charge in [-0.05, 0) is 48.7 Å². The lowest BCUT2D eigenvalue weighted by molar-refractivity contribution is -0.214. The maximum Gasteiger partial charge on any atom is 0.162 e. The highest BCUT2D eigenvalue weighted by molar-refractivity contribution is 5.50. The molecule has 0 aromatic heterocycles. The van der Waals surface area contributed by atoms with E-state index < -0.39 is 11.9 Å². The summed E-state index contributed by atoms with van der Waals surface area (Å²) in [6, 6.07) is 14.2. The Labute approximate surface area is 160 Å². The Bertz CT molecular complexity index is 784. The van der Waals surface area contributed by atoms with Crippen molar-refractivity contribution in [2.24, 2.45) is 0 Å². The largest absolute Gasteiger partial charge is 0.493 e. The van der Waals surface area contributed by atoms with Crippen molar-refractivity contribution in [1.29, 1.82) is 0 Å². The molecule has 0 unspecified atom stereocenters. The lowest BCUT2D eigenvalue weighted by Gasteiger charge is -2.45. The molecule has 1 N–H and O–H groups in total. The van der Waals surface area contributed by atoms with Crippen molar-refractivity contribution < 1.29 is 19.3 Å². The third kappa shape index (κ3) is 3.68. The second-order valence-electron chi connectivity index (χ2n) is 7.51. The number of aliphatic hydroxyl groups excluding tert-OH is 1. The summed E-state index contributed by atoms with van der Waals surface area (Å²) in [6.07, 6.45) is 1.42. The Balaban J connectivity index is 1.67. The average molecular weight is 369 g/mol. The van der Waals surface area contributed by atoms with Gasteiger partial charge in [-0.1, -0.05) is 30.3 Å². The van der Waals surface area contributed by atoms with E-state index in [0.717, 1.165) is 48.4 Å². The van der Waals surface area contributed by atoms with Crippen LogP contribution in [0.5, 0.6) is 11.5 Å². The van der Waals surface area contributed by atoms with E-state index in [4.69, 9.17) is 14.2 Å². The number of ether oxygens (including phenoxy) is 3. The summed E-state index contributed by atoms with van der Waals surface area (Å²) in [5.74, 6) is 1.42. The van der Waals surface area contributed by atoms with Crippen LogP contribution in [0.4, 0.5) is 0 Å². The van der Waals surface area contributed by atoms with Gasteiger partial charge in [0, 0.05) is 19.5 Å². The SMILES string of the molecule is COc1cc2c(cc1OCc1ccccc1)C1(CCN(C)CC1)O[C@@H](O)C2. The molecule has 4 rings (SSSR count). The number of aliphatic hydroxyl groups is 1. The predicted octanol–water partition coefficient (Wildman–Crippen LogP) is 3.09. The first kappa shape index (κ1) is 18.3. The molecule has 2 aliphatic rings. The van der Waals surface area contributed by atoms with Gasteiger partial charge < -0.3 is 24.2 Å². The molecule has 0 saturated carbocycles. The Morgan fingerprint density at radius 3 is 2.59 bits per heavy atom. The molecular weight excluding hydrogens is 342 g/mol. The molecule has 0 bridgehead atoms. The standard InChI is InChI=1S/C22H27NO4/c1-23-10-8-22(9-11-23)18-14-20(26-15-16-6-4-3-5-7-16)19(25-2)12-17(18)13-21(24)27-22/h3-7,12,14,21,24H,8-11,13,15H2,1-2H3/t21-/m1/s1. The average Bonchev–Trinajstić information content (AvgIpc) is 2.69. The van der Waals surface area contributed by atoms with Gasteiger partial charge in [0.25, 0.3) is 0 Å². The van der Waals surface area contributed by atoms with Gasteiger partial charge in [-0.15, -0.1) is 0 Å². The summed E-state index contributed by atoms with van der Waals surface area (Å²) < 4.78 is 17.8. The lowest BCUT2D eigenvalue weighted by atomic mass is 9.79. The number of methoxy groups -OCH3 is 1. The molecule has 0 aliphatic carbocycles. The van der Waals surface area contributed by atoms with Crippen molar-refractivity contribution in [3.63, 3.8) is 0 Å². The van der Waals surface area contributed by atoms with Gasteiger partial charge in [-0.25, -0.2) is 0 Å². The summed E-state index contributed by atoms with van der Waals surface area (Å²) in [4.78, 5) is 2.30. The van der Waals surface area contributed by atoms with E-state index in [1.54, 1.807) is 7.11 Å². The number of piperidine rings is 1. The molecule has 27 heavy (non-hydrogen) atoms. The minimum Gasteiger partial charge on any atom is -0.493 e. The van der Waals surface area contributed by atoms with Gasteiger partial charge >= 0.3 is 0 Å². The number of benzene rings is 2. The molecule has 5 heteroatoms. The van der Waals surface area contributed by atoms with Crippen molar-refractivity contribution in [1.82, 2.24) is 4.90 Å². The zero-order valence-corrected chi connectivity index (χ0v) is 16.0. The Kier molecular flexibility index (Phi) is 5.08. The highest BCUT2D eigenvalue weighted by Crippen LogP contribution is 2.46. The van der Waals surface area contributed by atoms with Crippen LogP contribution >= 0.6 is 0 Å². The summed E-state index contributed by atoms with van der Waals surface area (Å²) in [5, 5.41) is 10.3. The van der Waals surface area contributed by atoms with E-state index in [0.29, 0.717) is 18.8 Å². The van der Waals surface area contributed by atoms with Crippen molar-refractivity contribution in [3.05, 3.63) is 59.2 Å². The first-order chi connectivity index (χ1) is 13.1. The molecule has 0 radical (unpaired) electrons. The minimum absolute atomic E-state index is 0.448. The first-order valence-corrected chi connectivity index (χ1v) is 9.52. The van der Waals surface area contributed by atoms with Crippen molar-refractivity contribution in [2.45, 2.75) is 37.8 Å². The maximum atomic E-state index is 10.3. The Morgan fingerprint density at radius 1 is 1.15 bits per heavy atom. The van der Waals surface area contributed by atoms with Crippen LogP contribution in [0.1, 0.15) is 29.5 Å². The van der Waals surface area contributed by atoms with Crippen LogP contribution in [0, 0.1) is 0 Å². The Hall–Kier alpha value is -2.08. The predicted molar refractivity (Wildman–Crippen MR) is 103 cm³/mol. The van der Waals surface area contributed by atoms with Crippen LogP contribution in [-0.2, 0) is 23.4 Å². The summed E-state index contributed by atoms with van der Waals surface area (Å²) >= 11 is 0. The molecule has 144 valence electrons. The fourth-order valence-corrected chi connectivity index (χ4v) is 4.12. The second-order valence-corrected chi connectivity index (χ2v) is 7.51. The third-order valence-electron chi connectivity index (χ3n) is 5.67. The van der Waals surface area contributed by atoms with E-state index in [1.165, 1.54) is 0 Å². The van der Waals surface area contributed by atoms with Gasteiger partial charge in [-0.3, -0.25) is 0 Å². The highest BCUT2D eigenvalue weighted by Gasteiger charge is 2.43. The van der Waals surface area contributed by atoms with Crippen LogP contribution in [0.25, 0.3) is 0 Å². The Morgan fingerprint density at radius 2 is 1.89 bits per heavy atom. The van der Waals surface area contributed by atoms with E-state index in [2.05, 4.69) is 18.0 Å². The molecule has 0 amide bonds. The van der Waals surface area contributed by atoms with Gasteiger partial charge in [0.05, 0.1) is 12.7 Å². The topological polar surface area (TPSA) is 51.2 Å². The summed E-state index contributed by atoms with van der Waals surface area (Å²) in [6.45, 7) is 2.37. The number of rotatable bonds is 4. The quantitative estimate of drug-likeness (QED) is 0.898. The normalized spacial score (nSPS) is 21.7. The van der Waals surface area contributed by atoms with Crippen LogP contribution in [0.2, 0.25) is 0 Å². The van der Waals surface area contributed by atoms with Gasteiger partial charge in [0.1, 0.15) is 6.61 Å². The van der Waals surface area contributed by atoms with E-state index in [9.17, 15) is 5.11 Å². The number of hydrogen-bond donors (Lipinski definition) is 1. The van der Waals surface area contributed by atoms with Crippen molar-refractivity contribution in [2.75, 3.05) is 27.2 Å². The zero-order chi connectivity index (χ0) is 18.9. The number of likely N-dealkylation sites (tertiary alicyclic amines) is 1. The minimum atomic E-state index is -0.776. The molecule has 1 fully saturated rings. The molecule has 2 aromatic carbocycles. The lowest BCUT2D eigenvalue weighted by Crippen LogP contribution is -2.47. The number of hydrogen-bond acceptors (Lipinski definition) is 5. The van der Waals surface area contributed by atoms with Crippen molar-refractivity contribution in [3.8, 4) is 11.5 Å². The molecule has 1 atom stereocenters. The van der Waals surface area contributed by atoms with Crippen molar-refractivity contribution >= 4 is 0 Å². The molecule has 5 nitrogen and oxygen atoms in total. The third-order valence-corrected chi connectivity index (χ3v) is 5.67. The molecular formula is C22H27NO4. The fraction of sp³-hybridized carbons (Fsp3) is 0.455. The smallest absolute Gasteiger partial charge is 0.162 e. The van der Waals surface area contributed by atoms with Crippen LogP contribution in [0.3, 0.4) is 0 Å². The maximum absolute atomic E-state index is 10.3. The highest BCUT2D eigenvalue weighted by atomic mass is 16.6. The van der Waals surface area contributed by atoms with E-state index in [1.807, 2.05) is 36.4 Å². The molecule has 1 saturated heterocycles. The van der Waals surface area contributed by atoms with Crippen LogP contribution < -0.4 is 9.47 Å². The zero-order valence-electron chi connectivity index (χ0n) is 16.0. The monoisotopic (exact) mass is 369 g/mol. The molecule has 2 aliphatic heterocycles. The van der Waals surface area contributed by atoms with Crippen LogP contribution in [-0.4, -0.2) is 43.5 Å². The number of fused-ring (bicyclic) bond motifs is 2. The second kappa shape index (κ2) is 7.50. The van der Waals surface area contributed by atoms with Gasteiger partial charge in [0.15, 0.2) is 17.8 Å². The summed E-state index contributed by atoms with van der Waals surface area (Å²) in [7, 11) is 3.77. The first-order valence-electron chi connectivity index (χ1n) is 9.52. The van der Waals surface area contributed by atoms with Gasteiger partial charge in [0.2, 0.25) is 0 Å². The molecule has 2 aromatic rings. The summed E-state index contributed by atoms with van der Waals surface area (Å²) in [5.41, 5.74) is 2.88.